The minimum atomic E-state index is -0.328. The molecule has 1 aliphatic carbocycles. The van der Waals surface area contributed by atoms with E-state index in [-0.39, 0.29) is 29.4 Å². The lowest BCUT2D eigenvalue weighted by atomic mass is 9.84. The van der Waals surface area contributed by atoms with Gasteiger partial charge in [-0.25, -0.2) is 0 Å². The average Bonchev–Trinajstić information content (AvgIpc) is 2.18. The van der Waals surface area contributed by atoms with Crippen molar-refractivity contribution in [2.45, 2.75) is 29.7 Å². The molecule has 1 saturated carbocycles. The van der Waals surface area contributed by atoms with E-state index in [4.69, 9.17) is 28.3 Å². The van der Waals surface area contributed by atoms with E-state index in [0.717, 1.165) is 26.1 Å². The van der Waals surface area contributed by atoms with Gasteiger partial charge in [0.25, 0.3) is 0 Å². The fourth-order valence-corrected chi connectivity index (χ4v) is 3.25. The van der Waals surface area contributed by atoms with Gasteiger partial charge in [0.15, 0.2) is 0 Å². The van der Waals surface area contributed by atoms with Crippen molar-refractivity contribution in [1.82, 2.24) is 4.90 Å². The Morgan fingerprint density at radius 2 is 1.75 bits per heavy atom. The van der Waals surface area contributed by atoms with Gasteiger partial charge in [-0.3, -0.25) is 0 Å². The van der Waals surface area contributed by atoms with E-state index in [1.807, 2.05) is 0 Å². The van der Waals surface area contributed by atoms with Crippen LogP contribution in [0, 0.1) is 11.8 Å². The Labute approximate surface area is 106 Å². The molecule has 4 unspecified atom stereocenters. The first-order valence-corrected chi connectivity index (χ1v) is 6.77. The second-order valence-electron chi connectivity index (χ2n) is 5.10. The van der Waals surface area contributed by atoms with Crippen molar-refractivity contribution in [3.8, 4) is 0 Å². The summed E-state index contributed by atoms with van der Waals surface area (Å²) >= 11 is 12.1. The summed E-state index contributed by atoms with van der Waals surface area (Å²) in [5.74, 6) is 0.658. The molecule has 0 spiro atoms. The zero-order valence-corrected chi connectivity index (χ0v) is 10.7. The maximum Gasteiger partial charge on any atom is 0.0595 e. The molecular weight excluding hydrogens is 249 g/mol. The van der Waals surface area contributed by atoms with Crippen LogP contribution in [0.25, 0.3) is 0 Å². The second kappa shape index (κ2) is 5.40. The van der Waals surface area contributed by atoms with E-state index in [2.05, 4.69) is 4.90 Å². The highest BCUT2D eigenvalue weighted by molar-refractivity contribution is 6.30. The lowest BCUT2D eigenvalue weighted by Gasteiger charge is -2.43. The van der Waals surface area contributed by atoms with Crippen LogP contribution in [0.5, 0.6) is 0 Å². The molecule has 1 heterocycles. The number of aliphatic hydroxyl groups excluding tert-OH is 2. The van der Waals surface area contributed by atoms with Gasteiger partial charge in [0.2, 0.25) is 0 Å². The maximum absolute atomic E-state index is 9.93. The number of hydrogen-bond donors (Lipinski definition) is 2. The van der Waals surface area contributed by atoms with Crippen molar-refractivity contribution in [2.75, 3.05) is 26.2 Å². The Morgan fingerprint density at radius 1 is 1.12 bits per heavy atom. The molecule has 5 heteroatoms. The van der Waals surface area contributed by atoms with Crippen molar-refractivity contribution in [1.29, 1.82) is 0 Å². The Morgan fingerprint density at radius 3 is 2.38 bits per heavy atom. The third-order valence-electron chi connectivity index (χ3n) is 3.71. The molecule has 1 saturated heterocycles. The predicted molar refractivity (Wildman–Crippen MR) is 65.0 cm³/mol. The molecule has 2 fully saturated rings. The zero-order chi connectivity index (χ0) is 11.7. The van der Waals surface area contributed by atoms with Gasteiger partial charge >= 0.3 is 0 Å². The van der Waals surface area contributed by atoms with E-state index < -0.39 is 0 Å². The highest BCUT2D eigenvalue weighted by atomic mass is 35.5. The lowest BCUT2D eigenvalue weighted by molar-refractivity contribution is -0.000202. The molecule has 2 N–H and O–H groups in total. The molecule has 0 aromatic rings. The van der Waals surface area contributed by atoms with Gasteiger partial charge in [-0.05, 0) is 18.8 Å². The molecule has 3 nitrogen and oxygen atoms in total. The van der Waals surface area contributed by atoms with E-state index in [1.165, 1.54) is 0 Å². The number of aliphatic hydroxyl groups is 2. The van der Waals surface area contributed by atoms with E-state index >= 15 is 0 Å². The van der Waals surface area contributed by atoms with Crippen LogP contribution in [-0.4, -0.2) is 58.2 Å². The molecule has 2 rings (SSSR count). The summed E-state index contributed by atoms with van der Waals surface area (Å²) in [7, 11) is 0. The van der Waals surface area contributed by atoms with Crippen molar-refractivity contribution in [3.05, 3.63) is 0 Å². The van der Waals surface area contributed by atoms with Gasteiger partial charge in [-0.2, -0.15) is 0 Å². The highest BCUT2D eigenvalue weighted by Gasteiger charge is 2.37. The van der Waals surface area contributed by atoms with Crippen LogP contribution in [0.4, 0.5) is 0 Å². The van der Waals surface area contributed by atoms with Crippen LogP contribution >= 0.6 is 23.2 Å². The number of rotatable bonds is 3. The molecule has 0 aromatic carbocycles. The lowest BCUT2D eigenvalue weighted by Crippen LogP contribution is -2.52. The molecule has 0 amide bonds. The first kappa shape index (κ1) is 12.9. The normalized spacial score (nSPS) is 42.0. The van der Waals surface area contributed by atoms with Crippen molar-refractivity contribution in [2.24, 2.45) is 11.8 Å². The number of alkyl halides is 2. The van der Waals surface area contributed by atoms with Crippen molar-refractivity contribution in [3.63, 3.8) is 0 Å². The quantitative estimate of drug-likeness (QED) is 0.747. The van der Waals surface area contributed by atoms with Gasteiger partial charge < -0.3 is 15.1 Å². The standard InChI is InChI=1S/C11H19Cl2NO2/c12-9-1-8(11(16)2-10(9)13)5-14-3-7(4-14)6-15/h7-11,15-16H,1-6H2. The molecular formula is C11H19Cl2NO2. The smallest absolute Gasteiger partial charge is 0.0595 e. The summed E-state index contributed by atoms with van der Waals surface area (Å²) in [5, 5.41) is 18.7. The fraction of sp³-hybridized carbons (Fsp3) is 1.00. The third-order valence-corrected chi connectivity index (χ3v) is 4.81. The number of hydrogen-bond acceptors (Lipinski definition) is 3. The molecule has 1 aliphatic heterocycles. The third kappa shape index (κ3) is 2.82. The van der Waals surface area contributed by atoms with Crippen molar-refractivity contribution < 1.29 is 10.2 Å². The summed E-state index contributed by atoms with van der Waals surface area (Å²) in [5.41, 5.74) is 0. The van der Waals surface area contributed by atoms with E-state index in [0.29, 0.717) is 12.3 Å². The average molecular weight is 268 g/mol. The summed E-state index contributed by atoms with van der Waals surface area (Å²) in [6.07, 6.45) is 1.06. The Bertz CT molecular complexity index is 236. The van der Waals surface area contributed by atoms with Crippen LogP contribution in [0.15, 0.2) is 0 Å². The predicted octanol–water partition coefficient (Wildman–Crippen LogP) is 0.896. The van der Waals surface area contributed by atoms with Gasteiger partial charge in [-0.1, -0.05) is 0 Å². The summed E-state index contributed by atoms with van der Waals surface area (Å²) in [6.45, 7) is 3.03. The SMILES string of the molecule is OCC1CN(CC2CC(Cl)C(Cl)CC2O)C1. The second-order valence-corrected chi connectivity index (χ2v) is 6.22. The molecule has 0 bridgehead atoms. The Kier molecular flexibility index (Phi) is 4.36. The zero-order valence-electron chi connectivity index (χ0n) is 9.23. The van der Waals surface area contributed by atoms with Crippen LogP contribution in [-0.2, 0) is 0 Å². The molecule has 0 radical (unpaired) electrons. The fourth-order valence-electron chi connectivity index (χ4n) is 2.63. The molecule has 2 aliphatic rings. The summed E-state index contributed by atoms with van der Waals surface area (Å²) in [4.78, 5) is 2.27. The minimum absolute atomic E-state index is 0.0232. The van der Waals surface area contributed by atoms with Gasteiger partial charge in [0.05, 0.1) is 16.9 Å². The van der Waals surface area contributed by atoms with E-state index in [1.54, 1.807) is 0 Å². The van der Waals surface area contributed by atoms with Gasteiger partial charge in [0.1, 0.15) is 0 Å². The van der Waals surface area contributed by atoms with Crippen LogP contribution in [0.1, 0.15) is 12.8 Å². The Hall–Kier alpha value is 0.460. The first-order chi connectivity index (χ1) is 7.60. The highest BCUT2D eigenvalue weighted by Crippen LogP contribution is 2.33. The topological polar surface area (TPSA) is 43.7 Å². The molecule has 16 heavy (non-hydrogen) atoms. The maximum atomic E-state index is 9.93. The monoisotopic (exact) mass is 267 g/mol. The van der Waals surface area contributed by atoms with E-state index in [9.17, 15) is 5.11 Å². The van der Waals surface area contributed by atoms with Gasteiger partial charge in [0, 0.05) is 32.2 Å². The first-order valence-electron chi connectivity index (χ1n) is 5.89. The van der Waals surface area contributed by atoms with Crippen LogP contribution in [0.2, 0.25) is 0 Å². The number of nitrogens with zero attached hydrogens (tertiary/aromatic N) is 1. The van der Waals surface area contributed by atoms with Gasteiger partial charge in [-0.15, -0.1) is 23.2 Å². The molecule has 94 valence electrons. The van der Waals surface area contributed by atoms with Crippen LogP contribution in [0.3, 0.4) is 0 Å². The number of halogens is 2. The number of likely N-dealkylation sites (tertiary alicyclic amines) is 1. The summed E-state index contributed by atoms with van der Waals surface area (Å²) in [6, 6.07) is 0. The largest absolute Gasteiger partial charge is 0.396 e. The molecule has 0 aromatic heterocycles. The van der Waals surface area contributed by atoms with Crippen LogP contribution < -0.4 is 0 Å². The molecule has 4 atom stereocenters. The van der Waals surface area contributed by atoms with Crippen molar-refractivity contribution >= 4 is 23.2 Å². The summed E-state index contributed by atoms with van der Waals surface area (Å²) < 4.78 is 0. The minimum Gasteiger partial charge on any atom is -0.396 e. The Balaban J connectivity index is 1.77.